The predicted octanol–water partition coefficient (Wildman–Crippen LogP) is 4.22. The quantitative estimate of drug-likeness (QED) is 0.614. The zero-order valence-corrected chi connectivity index (χ0v) is 13.1. The molecule has 0 unspecified atom stereocenters. The molecule has 0 saturated heterocycles. The highest BCUT2D eigenvalue weighted by atomic mass is 32.1. The van der Waals surface area contributed by atoms with Gasteiger partial charge in [0, 0.05) is 34.6 Å². The van der Waals surface area contributed by atoms with Crippen molar-refractivity contribution in [1.82, 2.24) is 9.38 Å². The summed E-state index contributed by atoms with van der Waals surface area (Å²) in [6.07, 6.45) is 5.49. The van der Waals surface area contributed by atoms with E-state index in [2.05, 4.69) is 10.3 Å². The molecule has 3 aromatic heterocycles. The number of aromatic nitrogens is 2. The molecule has 0 aliphatic carbocycles. The molecule has 4 rings (SSSR count). The molecule has 0 saturated carbocycles. The van der Waals surface area contributed by atoms with Crippen molar-refractivity contribution in [2.24, 2.45) is 0 Å². The van der Waals surface area contributed by atoms with Crippen molar-refractivity contribution in [3.05, 3.63) is 65.7 Å². The highest BCUT2D eigenvalue weighted by Crippen LogP contribution is 2.23. The zero-order valence-electron chi connectivity index (χ0n) is 12.3. The molecule has 0 fully saturated rings. The fourth-order valence-corrected chi connectivity index (χ4v) is 3.08. The smallest absolute Gasteiger partial charge is 0.291 e. The summed E-state index contributed by atoms with van der Waals surface area (Å²) in [6.45, 7) is 1.84. The molecule has 5 nitrogen and oxygen atoms in total. The molecule has 0 radical (unpaired) electrons. The first-order valence-corrected chi connectivity index (χ1v) is 7.97. The molecule has 23 heavy (non-hydrogen) atoms. The summed E-state index contributed by atoms with van der Waals surface area (Å²) in [7, 11) is 0. The minimum Gasteiger partial charge on any atom is -0.459 e. The van der Waals surface area contributed by atoms with Crippen LogP contribution in [0.4, 0.5) is 5.69 Å². The minimum atomic E-state index is -0.247. The van der Waals surface area contributed by atoms with Crippen LogP contribution in [-0.2, 0) is 0 Å². The molecule has 0 spiro atoms. The van der Waals surface area contributed by atoms with Crippen molar-refractivity contribution in [3.63, 3.8) is 0 Å². The average Bonchev–Trinajstić information content (AvgIpc) is 3.23. The monoisotopic (exact) mass is 323 g/mol. The van der Waals surface area contributed by atoms with Gasteiger partial charge in [-0.1, -0.05) is 12.1 Å². The van der Waals surface area contributed by atoms with Crippen LogP contribution >= 0.6 is 11.3 Å². The molecule has 0 aliphatic rings. The number of nitrogens with zero attached hydrogens (tertiary/aromatic N) is 2. The summed E-state index contributed by atoms with van der Waals surface area (Å²) >= 11 is 1.60. The number of carbonyl (C=O) groups is 1. The molecule has 1 N–H and O–H groups in total. The Bertz CT molecular complexity index is 950. The number of hydrogen-bond donors (Lipinski definition) is 1. The topological polar surface area (TPSA) is 59.5 Å². The van der Waals surface area contributed by atoms with Crippen molar-refractivity contribution in [3.8, 4) is 11.3 Å². The maximum atomic E-state index is 12.1. The van der Waals surface area contributed by atoms with Gasteiger partial charge in [-0.15, -0.1) is 11.3 Å². The number of hydrogen-bond acceptors (Lipinski definition) is 4. The molecule has 4 aromatic rings. The van der Waals surface area contributed by atoms with E-state index in [4.69, 9.17) is 4.42 Å². The van der Waals surface area contributed by atoms with Gasteiger partial charge in [0.25, 0.3) is 5.91 Å². The van der Waals surface area contributed by atoms with Gasteiger partial charge in [0.2, 0.25) is 0 Å². The van der Waals surface area contributed by atoms with E-state index in [0.717, 1.165) is 27.5 Å². The standard InChI is InChI=1S/C17H13N3O2S/c1-11-6-8-22-15(11)16(21)18-13-4-2-12(3-5-13)14-10-20-7-9-23-17(20)19-14/h2-10H,1H3,(H,18,21). The largest absolute Gasteiger partial charge is 0.459 e. The highest BCUT2D eigenvalue weighted by Gasteiger charge is 2.13. The van der Waals surface area contributed by atoms with Gasteiger partial charge in [-0.05, 0) is 25.1 Å². The second-order valence-electron chi connectivity index (χ2n) is 5.18. The van der Waals surface area contributed by atoms with Gasteiger partial charge in [-0.3, -0.25) is 9.20 Å². The van der Waals surface area contributed by atoms with Crippen LogP contribution in [0.1, 0.15) is 16.1 Å². The van der Waals surface area contributed by atoms with Crippen LogP contribution in [0.5, 0.6) is 0 Å². The van der Waals surface area contributed by atoms with Gasteiger partial charge in [0.05, 0.1) is 12.0 Å². The Morgan fingerprint density at radius 2 is 2.09 bits per heavy atom. The molecule has 0 aliphatic heterocycles. The molecule has 114 valence electrons. The number of furan rings is 1. The van der Waals surface area contributed by atoms with Crippen molar-refractivity contribution in [2.45, 2.75) is 6.92 Å². The molecule has 0 atom stereocenters. The maximum absolute atomic E-state index is 12.1. The molecular formula is C17H13N3O2S. The number of anilines is 1. The fraction of sp³-hybridized carbons (Fsp3) is 0.0588. The van der Waals surface area contributed by atoms with E-state index in [-0.39, 0.29) is 5.91 Å². The van der Waals surface area contributed by atoms with E-state index in [1.54, 1.807) is 17.4 Å². The Hall–Kier alpha value is -2.86. The second-order valence-corrected chi connectivity index (χ2v) is 6.06. The van der Waals surface area contributed by atoms with Gasteiger partial charge in [-0.25, -0.2) is 4.98 Å². The van der Waals surface area contributed by atoms with E-state index in [0.29, 0.717) is 5.76 Å². The average molecular weight is 323 g/mol. The van der Waals surface area contributed by atoms with Crippen LogP contribution < -0.4 is 5.32 Å². The number of benzene rings is 1. The molecular weight excluding hydrogens is 310 g/mol. The fourth-order valence-electron chi connectivity index (χ4n) is 2.38. The Morgan fingerprint density at radius 3 is 2.78 bits per heavy atom. The van der Waals surface area contributed by atoms with Gasteiger partial charge in [0.1, 0.15) is 0 Å². The summed E-state index contributed by atoms with van der Waals surface area (Å²) < 4.78 is 7.19. The summed E-state index contributed by atoms with van der Waals surface area (Å²) in [6, 6.07) is 9.37. The number of amides is 1. The zero-order chi connectivity index (χ0) is 15.8. The minimum absolute atomic E-state index is 0.247. The third-order valence-electron chi connectivity index (χ3n) is 3.60. The third kappa shape index (κ3) is 2.53. The number of carbonyl (C=O) groups excluding carboxylic acids is 1. The molecule has 3 heterocycles. The summed E-state index contributed by atoms with van der Waals surface area (Å²) in [5, 5.41) is 4.83. The van der Waals surface area contributed by atoms with Crippen molar-refractivity contribution in [2.75, 3.05) is 5.32 Å². The number of imidazole rings is 1. The first kappa shape index (κ1) is 13.8. The van der Waals surface area contributed by atoms with E-state index < -0.39 is 0 Å². The first-order valence-electron chi connectivity index (χ1n) is 7.09. The van der Waals surface area contributed by atoms with Crippen LogP contribution in [-0.4, -0.2) is 15.3 Å². The van der Waals surface area contributed by atoms with E-state index in [1.807, 2.05) is 53.4 Å². The maximum Gasteiger partial charge on any atom is 0.291 e. The number of rotatable bonds is 3. The Balaban J connectivity index is 1.55. The molecule has 1 amide bonds. The van der Waals surface area contributed by atoms with Crippen LogP contribution in [0.15, 0.2) is 58.8 Å². The summed E-state index contributed by atoms with van der Waals surface area (Å²) in [5.41, 5.74) is 3.46. The van der Waals surface area contributed by atoms with E-state index >= 15 is 0 Å². The van der Waals surface area contributed by atoms with Gasteiger partial charge >= 0.3 is 0 Å². The first-order chi connectivity index (χ1) is 11.2. The lowest BCUT2D eigenvalue weighted by Crippen LogP contribution is -2.11. The van der Waals surface area contributed by atoms with Gasteiger partial charge in [0.15, 0.2) is 10.7 Å². The summed E-state index contributed by atoms with van der Waals surface area (Å²) in [5.74, 6) is 0.0890. The number of aryl methyl sites for hydroxylation is 1. The van der Waals surface area contributed by atoms with Gasteiger partial charge in [-0.2, -0.15) is 0 Å². The van der Waals surface area contributed by atoms with E-state index in [9.17, 15) is 4.79 Å². The van der Waals surface area contributed by atoms with Crippen LogP contribution in [0.3, 0.4) is 0 Å². The lowest BCUT2D eigenvalue weighted by atomic mass is 10.1. The van der Waals surface area contributed by atoms with E-state index in [1.165, 1.54) is 6.26 Å². The second kappa shape index (κ2) is 5.40. The Labute approximate surface area is 136 Å². The van der Waals surface area contributed by atoms with Crippen molar-refractivity contribution >= 4 is 27.9 Å². The van der Waals surface area contributed by atoms with Crippen LogP contribution in [0.25, 0.3) is 16.2 Å². The lowest BCUT2D eigenvalue weighted by molar-refractivity contribution is 0.0996. The highest BCUT2D eigenvalue weighted by molar-refractivity contribution is 7.15. The number of nitrogens with one attached hydrogen (secondary N) is 1. The normalized spacial score (nSPS) is 11.0. The third-order valence-corrected chi connectivity index (χ3v) is 4.37. The lowest BCUT2D eigenvalue weighted by Gasteiger charge is -2.04. The predicted molar refractivity (Wildman–Crippen MR) is 89.9 cm³/mol. The Morgan fingerprint density at radius 1 is 1.26 bits per heavy atom. The number of fused-ring (bicyclic) bond motifs is 1. The molecule has 1 aromatic carbocycles. The van der Waals surface area contributed by atoms with Crippen LogP contribution in [0.2, 0.25) is 0 Å². The number of thiazole rings is 1. The summed E-state index contributed by atoms with van der Waals surface area (Å²) in [4.78, 5) is 17.6. The molecule has 0 bridgehead atoms. The van der Waals surface area contributed by atoms with Crippen LogP contribution in [0, 0.1) is 6.92 Å². The SMILES string of the molecule is Cc1ccoc1C(=O)Nc1ccc(-c2cn3ccsc3n2)cc1. The molecule has 6 heteroatoms. The van der Waals surface area contributed by atoms with Gasteiger partial charge < -0.3 is 9.73 Å². The van der Waals surface area contributed by atoms with Crippen molar-refractivity contribution < 1.29 is 9.21 Å². The van der Waals surface area contributed by atoms with Crippen molar-refractivity contribution in [1.29, 1.82) is 0 Å². The Kier molecular flexibility index (Phi) is 3.24.